The molecule has 0 saturated carbocycles. The zero-order valence-corrected chi connectivity index (χ0v) is 36.4. The molecule has 0 radical (unpaired) electrons. The van der Waals surface area contributed by atoms with E-state index >= 15 is 0 Å². The topological polar surface area (TPSA) is 3.24 Å². The molecule has 11 aromatic carbocycles. The van der Waals surface area contributed by atoms with Crippen molar-refractivity contribution in [3.63, 3.8) is 0 Å². The van der Waals surface area contributed by atoms with Crippen molar-refractivity contribution in [1.82, 2.24) is 0 Å². The Morgan fingerprint density at radius 1 is 0.242 bits per heavy atom. The van der Waals surface area contributed by atoms with Crippen LogP contribution in [0.15, 0.2) is 273 Å². The predicted octanol–water partition coefficient (Wildman–Crippen LogP) is 17.3. The molecule has 0 amide bonds. The molecular weight excluding hydrogens is 795 g/mol. The molecule has 0 saturated heterocycles. The van der Waals surface area contributed by atoms with Crippen LogP contribution in [0.5, 0.6) is 0 Å². The van der Waals surface area contributed by atoms with Crippen molar-refractivity contribution in [3.8, 4) is 55.6 Å². The Morgan fingerprint density at radius 3 is 1.42 bits per heavy atom. The van der Waals surface area contributed by atoms with Crippen LogP contribution in [-0.2, 0) is 5.41 Å². The van der Waals surface area contributed by atoms with Crippen LogP contribution < -0.4 is 4.90 Å². The average molecular weight is 840 g/mol. The van der Waals surface area contributed by atoms with Crippen LogP contribution in [0.2, 0.25) is 0 Å². The Balaban J connectivity index is 0.984. The number of hydrogen-bond acceptors (Lipinski definition) is 1. The van der Waals surface area contributed by atoms with Gasteiger partial charge in [0, 0.05) is 17.1 Å². The van der Waals surface area contributed by atoms with E-state index in [1.54, 1.807) is 0 Å². The summed E-state index contributed by atoms with van der Waals surface area (Å²) in [5.41, 5.74) is 20.1. The molecule has 0 unspecified atom stereocenters. The lowest BCUT2D eigenvalue weighted by molar-refractivity contribution is 0.769. The van der Waals surface area contributed by atoms with Crippen LogP contribution in [0.25, 0.3) is 66.4 Å². The Bertz CT molecular complexity index is 3470. The minimum atomic E-state index is -0.456. The zero-order valence-electron chi connectivity index (χ0n) is 36.4. The van der Waals surface area contributed by atoms with Gasteiger partial charge in [-0.15, -0.1) is 0 Å². The molecular formula is C65H45N. The summed E-state index contributed by atoms with van der Waals surface area (Å²) in [6.07, 6.45) is 0. The number of anilines is 3. The summed E-state index contributed by atoms with van der Waals surface area (Å²) in [5, 5.41) is 2.48. The van der Waals surface area contributed by atoms with E-state index in [-0.39, 0.29) is 0 Å². The van der Waals surface area contributed by atoms with Crippen molar-refractivity contribution >= 4 is 27.8 Å². The van der Waals surface area contributed by atoms with Gasteiger partial charge in [0.2, 0.25) is 0 Å². The van der Waals surface area contributed by atoms with E-state index in [4.69, 9.17) is 0 Å². The first-order valence-corrected chi connectivity index (χ1v) is 22.8. The lowest BCUT2D eigenvalue weighted by Crippen LogP contribution is -2.28. The number of rotatable bonds is 9. The van der Waals surface area contributed by atoms with Gasteiger partial charge in [-0.25, -0.2) is 0 Å². The molecule has 0 fully saturated rings. The highest BCUT2D eigenvalue weighted by Crippen LogP contribution is 2.56. The molecule has 0 spiro atoms. The van der Waals surface area contributed by atoms with Crippen molar-refractivity contribution in [2.45, 2.75) is 5.41 Å². The van der Waals surface area contributed by atoms with Gasteiger partial charge in [0.05, 0.1) is 5.41 Å². The third-order valence-corrected chi connectivity index (χ3v) is 13.5. The van der Waals surface area contributed by atoms with Gasteiger partial charge in [-0.1, -0.05) is 224 Å². The van der Waals surface area contributed by atoms with Crippen molar-refractivity contribution in [2.24, 2.45) is 0 Å². The van der Waals surface area contributed by atoms with Crippen LogP contribution in [0.3, 0.4) is 0 Å². The van der Waals surface area contributed by atoms with Crippen molar-refractivity contribution in [2.75, 3.05) is 4.90 Å². The number of hydrogen-bond donors (Lipinski definition) is 0. The van der Waals surface area contributed by atoms with E-state index in [0.717, 1.165) is 22.6 Å². The van der Waals surface area contributed by atoms with Crippen LogP contribution in [0.4, 0.5) is 17.1 Å². The van der Waals surface area contributed by atoms with Gasteiger partial charge in [0.1, 0.15) is 0 Å². The maximum Gasteiger partial charge on any atom is 0.0713 e. The molecule has 0 N–H and O–H groups in total. The Labute approximate surface area is 387 Å². The molecule has 1 heteroatoms. The van der Waals surface area contributed by atoms with Crippen molar-refractivity contribution < 1.29 is 0 Å². The lowest BCUT2D eigenvalue weighted by Gasteiger charge is -2.34. The van der Waals surface area contributed by atoms with Gasteiger partial charge in [-0.05, 0) is 137 Å². The molecule has 0 aromatic heterocycles. The fourth-order valence-corrected chi connectivity index (χ4v) is 10.5. The second-order valence-electron chi connectivity index (χ2n) is 17.2. The molecule has 11 aromatic rings. The van der Waals surface area contributed by atoms with Crippen LogP contribution in [0.1, 0.15) is 22.3 Å². The summed E-state index contributed by atoms with van der Waals surface area (Å²) in [6.45, 7) is 0. The summed E-state index contributed by atoms with van der Waals surface area (Å²) in [5.74, 6) is 0. The molecule has 66 heavy (non-hydrogen) atoms. The van der Waals surface area contributed by atoms with Crippen LogP contribution >= 0.6 is 0 Å². The quantitative estimate of drug-likeness (QED) is 0.140. The van der Waals surface area contributed by atoms with Crippen molar-refractivity contribution in [1.29, 1.82) is 0 Å². The van der Waals surface area contributed by atoms with E-state index in [0.29, 0.717) is 0 Å². The van der Waals surface area contributed by atoms with E-state index in [9.17, 15) is 0 Å². The smallest absolute Gasteiger partial charge is 0.0713 e. The molecule has 0 aliphatic heterocycles. The average Bonchev–Trinajstić information content (AvgIpc) is 3.70. The molecule has 310 valence electrons. The third kappa shape index (κ3) is 6.73. The Kier molecular flexibility index (Phi) is 9.81. The molecule has 0 atom stereocenters. The summed E-state index contributed by atoms with van der Waals surface area (Å²) in [4.78, 5) is 2.40. The summed E-state index contributed by atoms with van der Waals surface area (Å²) < 4.78 is 0. The van der Waals surface area contributed by atoms with Gasteiger partial charge < -0.3 is 4.90 Å². The first-order valence-electron chi connectivity index (χ1n) is 22.8. The largest absolute Gasteiger partial charge is 0.310 e. The normalized spacial score (nSPS) is 12.4. The Hall–Kier alpha value is -8.52. The van der Waals surface area contributed by atoms with Crippen LogP contribution in [0, 0.1) is 0 Å². The Morgan fingerprint density at radius 2 is 0.697 bits per heavy atom. The molecule has 12 rings (SSSR count). The van der Waals surface area contributed by atoms with Gasteiger partial charge in [-0.2, -0.15) is 0 Å². The molecule has 1 aliphatic carbocycles. The number of nitrogens with zero attached hydrogens (tertiary/aromatic N) is 1. The van der Waals surface area contributed by atoms with E-state index in [1.807, 2.05) is 0 Å². The van der Waals surface area contributed by atoms with E-state index in [2.05, 4.69) is 278 Å². The number of benzene rings is 11. The molecule has 1 nitrogen and oxygen atoms in total. The maximum absolute atomic E-state index is 2.45. The summed E-state index contributed by atoms with van der Waals surface area (Å²) >= 11 is 0. The first kappa shape index (κ1) is 39.1. The zero-order chi connectivity index (χ0) is 43.9. The van der Waals surface area contributed by atoms with Gasteiger partial charge in [0.25, 0.3) is 0 Å². The van der Waals surface area contributed by atoms with E-state index in [1.165, 1.54) is 83.1 Å². The summed E-state index contributed by atoms with van der Waals surface area (Å²) in [7, 11) is 0. The number of fused-ring (bicyclic) bond motifs is 4. The second-order valence-corrected chi connectivity index (χ2v) is 17.2. The maximum atomic E-state index is 2.45. The standard InChI is InChI=1S/C65H45N/c1-4-18-46(19-5-1)49-22-14-23-50(42-49)51-24-15-30-57(43-51)66(58-31-16-25-53(44-58)60-34-17-21-48-20-10-11-32-59(48)60)56-39-36-47(37-40-56)52-38-41-62-61-33-12-13-35-63(61)65(64(62)45-52,54-26-6-2-7-27-54)55-28-8-3-9-29-55/h1-45H. The SMILES string of the molecule is c1ccc(-c2cccc(-c3cccc(N(c4ccc(-c5ccc6c(c5)C(c5ccccc5)(c5ccccc5)c5ccccc5-6)cc4)c4cccc(-c5cccc6ccccc56)c4)c3)c2)cc1. The van der Waals surface area contributed by atoms with Crippen LogP contribution in [-0.4, -0.2) is 0 Å². The molecule has 0 bridgehead atoms. The highest BCUT2D eigenvalue weighted by molar-refractivity contribution is 5.98. The van der Waals surface area contributed by atoms with Gasteiger partial charge >= 0.3 is 0 Å². The minimum Gasteiger partial charge on any atom is -0.310 e. The molecule has 1 aliphatic rings. The predicted molar refractivity (Wildman–Crippen MR) is 278 cm³/mol. The minimum absolute atomic E-state index is 0.456. The monoisotopic (exact) mass is 839 g/mol. The van der Waals surface area contributed by atoms with Crippen molar-refractivity contribution in [3.05, 3.63) is 295 Å². The fourth-order valence-electron chi connectivity index (χ4n) is 10.5. The van der Waals surface area contributed by atoms with Gasteiger partial charge in [-0.3, -0.25) is 0 Å². The highest BCUT2D eigenvalue weighted by atomic mass is 15.1. The third-order valence-electron chi connectivity index (χ3n) is 13.5. The summed E-state index contributed by atoms with van der Waals surface area (Å²) in [6, 6.07) is 100.0. The molecule has 0 heterocycles. The van der Waals surface area contributed by atoms with E-state index < -0.39 is 5.41 Å². The second kappa shape index (κ2) is 16.6. The first-order chi connectivity index (χ1) is 32.7. The van der Waals surface area contributed by atoms with Gasteiger partial charge in [0.15, 0.2) is 0 Å². The lowest BCUT2D eigenvalue weighted by atomic mass is 9.67. The highest BCUT2D eigenvalue weighted by Gasteiger charge is 2.46. The fraction of sp³-hybridized carbons (Fsp3) is 0.0154.